The summed E-state index contributed by atoms with van der Waals surface area (Å²) >= 11 is 0. The summed E-state index contributed by atoms with van der Waals surface area (Å²) in [4.78, 5) is 0. The lowest BCUT2D eigenvalue weighted by atomic mass is 9.88. The Morgan fingerprint density at radius 3 is 1.76 bits per heavy atom. The minimum atomic E-state index is -0.815. The average molecular weight is 457 g/mol. The minimum absolute atomic E-state index is 0.245. The summed E-state index contributed by atoms with van der Waals surface area (Å²) in [5.74, 6) is 0.490. The van der Waals surface area contributed by atoms with Crippen molar-refractivity contribution in [1.29, 1.82) is 0 Å². The van der Waals surface area contributed by atoms with Gasteiger partial charge < -0.3 is 15.3 Å². The summed E-state index contributed by atoms with van der Waals surface area (Å²) in [5, 5.41) is 31.7. The molecular formula is C30H48O3. The molecule has 1 atom stereocenters. The molecule has 3 nitrogen and oxygen atoms in total. The molecule has 0 aliphatic heterocycles. The normalized spacial score (nSPS) is 15.1. The van der Waals surface area contributed by atoms with Crippen molar-refractivity contribution in [3.8, 4) is 11.5 Å². The van der Waals surface area contributed by atoms with Crippen LogP contribution >= 0.6 is 0 Å². The van der Waals surface area contributed by atoms with Crippen LogP contribution in [0.15, 0.2) is 34.9 Å². The highest BCUT2D eigenvalue weighted by Gasteiger charge is 2.23. The van der Waals surface area contributed by atoms with Gasteiger partial charge in [-0.25, -0.2) is 0 Å². The second-order valence-corrected chi connectivity index (χ2v) is 10.2. The maximum atomic E-state index is 10.9. The number of aromatic hydroxyl groups is 2. The van der Waals surface area contributed by atoms with Crippen molar-refractivity contribution in [1.82, 2.24) is 0 Å². The van der Waals surface area contributed by atoms with Gasteiger partial charge in [0.05, 0.1) is 5.60 Å². The van der Waals surface area contributed by atoms with E-state index in [1.54, 1.807) is 0 Å². The molecule has 0 heterocycles. The molecular weight excluding hydrogens is 408 g/mol. The highest BCUT2D eigenvalue weighted by Crippen LogP contribution is 2.37. The van der Waals surface area contributed by atoms with Crippen molar-refractivity contribution in [3.63, 3.8) is 0 Å². The van der Waals surface area contributed by atoms with Crippen molar-refractivity contribution < 1.29 is 15.3 Å². The van der Waals surface area contributed by atoms with E-state index in [4.69, 9.17) is 0 Å². The summed E-state index contributed by atoms with van der Waals surface area (Å²) in [7, 11) is 0. The highest BCUT2D eigenvalue weighted by atomic mass is 16.3. The van der Waals surface area contributed by atoms with Crippen LogP contribution in [-0.2, 0) is 6.42 Å². The molecule has 0 aliphatic carbocycles. The standard InChI is InChI=1S/C30H48O3/c1-9-21(2)13-10-14-22(3)15-11-16-23(4)17-12-19-30(8,33)20-18-27-26(7)28(31)24(5)25(6)29(27)32/h13,15,17,31-33H,9-12,14,16,18-20H2,1-8H3/b21-13?,22-15+,23-17+/t30-/m1/s1. The van der Waals surface area contributed by atoms with Gasteiger partial charge in [0.15, 0.2) is 0 Å². The van der Waals surface area contributed by atoms with Gasteiger partial charge in [-0.3, -0.25) is 0 Å². The van der Waals surface area contributed by atoms with Crippen LogP contribution < -0.4 is 0 Å². The van der Waals surface area contributed by atoms with Crippen molar-refractivity contribution in [3.05, 3.63) is 57.2 Å². The molecule has 0 bridgehead atoms. The third-order valence-corrected chi connectivity index (χ3v) is 7.08. The number of allylic oxidation sites excluding steroid dienone is 6. The Morgan fingerprint density at radius 2 is 1.21 bits per heavy atom. The monoisotopic (exact) mass is 456 g/mol. The van der Waals surface area contributed by atoms with Crippen molar-refractivity contribution in [2.45, 2.75) is 119 Å². The first-order valence-corrected chi connectivity index (χ1v) is 12.6. The van der Waals surface area contributed by atoms with Crippen LogP contribution in [0.25, 0.3) is 0 Å². The molecule has 0 unspecified atom stereocenters. The second-order valence-electron chi connectivity index (χ2n) is 10.2. The van der Waals surface area contributed by atoms with E-state index in [2.05, 4.69) is 45.9 Å². The van der Waals surface area contributed by atoms with Crippen LogP contribution in [-0.4, -0.2) is 20.9 Å². The Bertz CT molecular complexity index is 840. The van der Waals surface area contributed by atoms with Crippen LogP contribution in [0.4, 0.5) is 0 Å². The topological polar surface area (TPSA) is 60.7 Å². The van der Waals surface area contributed by atoms with Crippen molar-refractivity contribution in [2.75, 3.05) is 0 Å². The zero-order valence-electron chi connectivity index (χ0n) is 22.4. The van der Waals surface area contributed by atoms with E-state index in [9.17, 15) is 15.3 Å². The van der Waals surface area contributed by atoms with Gasteiger partial charge in [0.25, 0.3) is 0 Å². The van der Waals surface area contributed by atoms with Crippen LogP contribution in [0.2, 0.25) is 0 Å². The largest absolute Gasteiger partial charge is 0.507 e. The third-order valence-electron chi connectivity index (χ3n) is 7.08. The number of benzene rings is 1. The second kappa shape index (κ2) is 13.6. The number of phenolic OH excluding ortho intramolecular Hbond substituents is 2. The number of hydrogen-bond acceptors (Lipinski definition) is 3. The molecule has 0 aliphatic rings. The maximum Gasteiger partial charge on any atom is 0.122 e. The van der Waals surface area contributed by atoms with Crippen molar-refractivity contribution >= 4 is 0 Å². The van der Waals surface area contributed by atoms with E-state index in [0.29, 0.717) is 30.4 Å². The van der Waals surface area contributed by atoms with Crippen LogP contribution in [0.3, 0.4) is 0 Å². The lowest BCUT2D eigenvalue weighted by Crippen LogP contribution is -2.24. The van der Waals surface area contributed by atoms with E-state index >= 15 is 0 Å². The fourth-order valence-corrected chi connectivity index (χ4v) is 4.08. The van der Waals surface area contributed by atoms with Gasteiger partial charge in [0.2, 0.25) is 0 Å². The van der Waals surface area contributed by atoms with E-state index < -0.39 is 5.60 Å². The zero-order valence-corrected chi connectivity index (χ0v) is 22.4. The molecule has 3 N–H and O–H groups in total. The lowest BCUT2D eigenvalue weighted by Gasteiger charge is -2.24. The predicted molar refractivity (Wildman–Crippen MR) is 142 cm³/mol. The summed E-state index contributed by atoms with van der Waals surface area (Å²) in [6.45, 7) is 16.1. The Hall–Kier alpha value is -2.00. The van der Waals surface area contributed by atoms with Gasteiger partial charge in [-0.15, -0.1) is 0 Å². The van der Waals surface area contributed by atoms with E-state index in [-0.39, 0.29) is 11.5 Å². The smallest absolute Gasteiger partial charge is 0.122 e. The molecule has 0 saturated heterocycles. The fraction of sp³-hybridized carbons (Fsp3) is 0.600. The van der Waals surface area contributed by atoms with E-state index in [1.807, 2.05) is 27.7 Å². The zero-order chi connectivity index (χ0) is 25.2. The van der Waals surface area contributed by atoms with Crippen LogP contribution in [0.5, 0.6) is 11.5 Å². The van der Waals surface area contributed by atoms with Crippen molar-refractivity contribution in [2.24, 2.45) is 0 Å². The molecule has 0 amide bonds. The van der Waals surface area contributed by atoms with Gasteiger partial charge >= 0.3 is 0 Å². The minimum Gasteiger partial charge on any atom is -0.507 e. The Kier molecular flexibility index (Phi) is 12.0. The van der Waals surface area contributed by atoms with Crippen LogP contribution in [0, 0.1) is 20.8 Å². The first kappa shape index (κ1) is 29.0. The molecule has 0 aromatic heterocycles. The van der Waals surface area contributed by atoms with Crippen LogP contribution in [0.1, 0.15) is 108 Å². The molecule has 1 aromatic rings. The first-order valence-electron chi connectivity index (χ1n) is 12.6. The fourth-order valence-electron chi connectivity index (χ4n) is 4.08. The predicted octanol–water partition coefficient (Wildman–Crippen LogP) is 8.30. The Balaban J connectivity index is 2.51. The molecule has 1 aromatic carbocycles. The summed E-state index contributed by atoms with van der Waals surface area (Å²) < 4.78 is 0. The molecule has 0 saturated carbocycles. The molecule has 1 rings (SSSR count). The molecule has 33 heavy (non-hydrogen) atoms. The lowest BCUT2D eigenvalue weighted by molar-refractivity contribution is 0.0431. The summed E-state index contributed by atoms with van der Waals surface area (Å²) in [6, 6.07) is 0. The number of hydrogen-bond donors (Lipinski definition) is 3. The molecule has 0 spiro atoms. The number of phenols is 2. The number of aliphatic hydroxyl groups is 1. The Labute approximate surface area is 203 Å². The summed E-state index contributed by atoms with van der Waals surface area (Å²) in [6.07, 6.45) is 15.1. The first-order chi connectivity index (χ1) is 15.4. The SMILES string of the molecule is CCC(C)=CCC/C(C)=C/CC/C(C)=C/CC[C@@](C)(O)CCc1c(C)c(O)c(C)c(C)c1O. The molecule has 0 radical (unpaired) electrons. The highest BCUT2D eigenvalue weighted by molar-refractivity contribution is 5.56. The van der Waals surface area contributed by atoms with E-state index in [0.717, 1.165) is 49.7 Å². The van der Waals surface area contributed by atoms with Gasteiger partial charge in [0.1, 0.15) is 11.5 Å². The van der Waals surface area contributed by atoms with Gasteiger partial charge in [-0.1, -0.05) is 41.9 Å². The number of rotatable bonds is 13. The quantitative estimate of drug-likeness (QED) is 0.207. The molecule has 0 fully saturated rings. The van der Waals surface area contributed by atoms with Gasteiger partial charge in [-0.2, -0.15) is 0 Å². The average Bonchev–Trinajstić information content (AvgIpc) is 2.76. The Morgan fingerprint density at radius 1 is 0.727 bits per heavy atom. The van der Waals surface area contributed by atoms with Gasteiger partial charge in [0, 0.05) is 5.56 Å². The molecule has 3 heteroatoms. The van der Waals surface area contributed by atoms with Gasteiger partial charge in [-0.05, 0) is 123 Å². The molecule has 186 valence electrons. The van der Waals surface area contributed by atoms with E-state index in [1.165, 1.54) is 16.7 Å². The third kappa shape index (κ3) is 9.80. The summed E-state index contributed by atoms with van der Waals surface area (Å²) in [5.41, 5.74) is 6.36. The maximum absolute atomic E-state index is 10.9.